The summed E-state index contributed by atoms with van der Waals surface area (Å²) in [6.45, 7) is 19.8. The van der Waals surface area contributed by atoms with E-state index < -0.39 is 70.8 Å². The average molecular weight is 1210 g/mol. The third-order valence-corrected chi connectivity index (χ3v) is 14.3. The van der Waals surface area contributed by atoms with E-state index in [1.54, 1.807) is 77.9 Å². The lowest BCUT2D eigenvalue weighted by Gasteiger charge is -2.32. The molecule has 2 N–H and O–H groups in total. The molecular formula is C67H69BF4N2O14. The van der Waals surface area contributed by atoms with Gasteiger partial charge in [-0.1, -0.05) is 12.1 Å². The number of methoxy groups -OCH3 is 2. The van der Waals surface area contributed by atoms with Crippen LogP contribution in [0.15, 0.2) is 118 Å². The molecule has 0 bridgehead atoms. The number of fused-ring (bicyclic) bond motifs is 2. The Morgan fingerprint density at radius 2 is 0.920 bits per heavy atom. The summed E-state index contributed by atoms with van der Waals surface area (Å²) in [5, 5.41) is 6.24. The minimum Gasteiger partial charge on any atom is -0.469 e. The maximum absolute atomic E-state index is 14.7. The number of nitrogens with one attached hydrogen (secondary N) is 2. The first-order valence-corrected chi connectivity index (χ1v) is 27.8. The van der Waals surface area contributed by atoms with Gasteiger partial charge in [-0.15, -0.1) is 0 Å². The van der Waals surface area contributed by atoms with Crippen LogP contribution in [0.1, 0.15) is 127 Å². The van der Waals surface area contributed by atoms with Gasteiger partial charge in [0, 0.05) is 36.0 Å². The molecule has 88 heavy (non-hydrogen) atoms. The number of rotatable bonds is 12. The Bertz CT molecular complexity index is 3950. The highest BCUT2D eigenvalue weighted by molar-refractivity contribution is 6.62. The van der Waals surface area contributed by atoms with Crippen LogP contribution in [0.5, 0.6) is 0 Å². The molecule has 0 atom stereocenters. The Morgan fingerprint density at radius 3 is 1.35 bits per heavy atom. The predicted molar refractivity (Wildman–Crippen MR) is 324 cm³/mol. The van der Waals surface area contributed by atoms with Crippen molar-refractivity contribution >= 4 is 70.2 Å². The van der Waals surface area contributed by atoms with E-state index in [4.69, 9.17) is 37.1 Å². The zero-order valence-corrected chi connectivity index (χ0v) is 51.6. The molecule has 1 aliphatic heterocycles. The number of furan rings is 2. The van der Waals surface area contributed by atoms with Crippen molar-refractivity contribution in [3.63, 3.8) is 0 Å². The predicted octanol–water partition coefficient (Wildman–Crippen LogP) is 12.8. The fraction of sp³-hybridized carbons (Fsp3) is 0.313. The summed E-state index contributed by atoms with van der Waals surface area (Å²) < 4.78 is 99.5. The van der Waals surface area contributed by atoms with Crippen LogP contribution >= 0.6 is 0 Å². The normalized spacial score (nSPS) is 13.4. The molecule has 0 radical (unpaired) electrons. The number of carbonyl (C=O) groups excluding carboxylic acids is 6. The fourth-order valence-corrected chi connectivity index (χ4v) is 9.19. The Kier molecular flexibility index (Phi) is 20.0. The summed E-state index contributed by atoms with van der Waals surface area (Å²) in [6.07, 6.45) is -0.0526. The molecule has 8 aromatic rings. The highest BCUT2D eigenvalue weighted by Crippen LogP contribution is 2.41. The minimum atomic E-state index is -0.843. The lowest BCUT2D eigenvalue weighted by molar-refractivity contribution is -0.140. The smallest absolute Gasteiger partial charge is 0.469 e. The van der Waals surface area contributed by atoms with E-state index in [9.17, 15) is 46.3 Å². The molecule has 16 nitrogen and oxygen atoms in total. The van der Waals surface area contributed by atoms with E-state index in [0.29, 0.717) is 66.5 Å². The summed E-state index contributed by atoms with van der Waals surface area (Å²) in [6, 6.07) is 26.2. The fourth-order valence-electron chi connectivity index (χ4n) is 9.19. The molecule has 2 amide bonds. The van der Waals surface area contributed by atoms with Crippen molar-refractivity contribution in [3.8, 4) is 33.8 Å². The van der Waals surface area contributed by atoms with Crippen molar-refractivity contribution in [1.82, 2.24) is 10.6 Å². The first kappa shape index (κ1) is 66.5. The molecule has 0 aliphatic carbocycles. The van der Waals surface area contributed by atoms with Gasteiger partial charge in [-0.05, 0) is 207 Å². The monoisotopic (exact) mass is 1210 g/mol. The molecule has 9 rings (SSSR count). The van der Waals surface area contributed by atoms with Gasteiger partial charge in [-0.2, -0.15) is 0 Å². The molecule has 1 aliphatic rings. The summed E-state index contributed by atoms with van der Waals surface area (Å²) in [5.41, 5.74) is 2.98. The molecule has 2 aromatic heterocycles. The Balaban J connectivity index is 0.000000197. The number of amides is 2. The van der Waals surface area contributed by atoms with Crippen LogP contribution < -0.4 is 16.1 Å². The number of hydrogen-bond donors (Lipinski definition) is 2. The van der Waals surface area contributed by atoms with Crippen LogP contribution in [-0.4, -0.2) is 93.5 Å². The van der Waals surface area contributed by atoms with Gasteiger partial charge in [-0.25, -0.2) is 27.2 Å². The van der Waals surface area contributed by atoms with Gasteiger partial charge in [0.25, 0.3) is 11.8 Å². The number of ether oxygens (including phenoxy) is 4. The van der Waals surface area contributed by atoms with Crippen LogP contribution in [-0.2, 0) is 50.7 Å². The van der Waals surface area contributed by atoms with E-state index in [-0.39, 0.29) is 53.0 Å². The van der Waals surface area contributed by atoms with Crippen LogP contribution in [0.25, 0.3) is 55.7 Å². The molecule has 3 heterocycles. The first-order chi connectivity index (χ1) is 41.2. The number of benzene rings is 6. The number of hydrogen-bond acceptors (Lipinski definition) is 14. The minimum absolute atomic E-state index is 0.111. The molecule has 1 saturated heterocycles. The molecule has 462 valence electrons. The van der Waals surface area contributed by atoms with Gasteiger partial charge in [0.15, 0.2) is 0 Å². The second-order valence-electron chi connectivity index (χ2n) is 23.6. The molecule has 6 aromatic carbocycles. The highest BCUT2D eigenvalue weighted by atomic mass is 19.1. The van der Waals surface area contributed by atoms with Crippen LogP contribution in [0.4, 0.5) is 17.6 Å². The van der Waals surface area contributed by atoms with Gasteiger partial charge in [0.2, 0.25) is 0 Å². The number of halogens is 4. The van der Waals surface area contributed by atoms with Gasteiger partial charge in [0.05, 0.1) is 60.5 Å². The average Bonchev–Trinajstić information content (AvgIpc) is 3.94. The zero-order valence-electron chi connectivity index (χ0n) is 51.6. The Labute approximate surface area is 507 Å². The van der Waals surface area contributed by atoms with Crippen molar-refractivity contribution in [2.24, 2.45) is 0 Å². The van der Waals surface area contributed by atoms with Crippen molar-refractivity contribution < 1.29 is 83.4 Å². The standard InChI is InChI=1S/C30H27F2NO6.C20H18FNO4.C17H24BFO4/c1-30(2,3)39-29(36)21-12-17(8-11-23(21)32)20-15-22-24(13-18(20)14-25(34)37-5)38-27(26(22)28(35)33-4)16-6-9-19(31)10-7-16;1-11-8-15-16(9-13(11)10-17(23)25-3)26-19(18(15)20(24)22-2)12-4-6-14(21)7-5-12;1-15(2,3)21-14(20)12-10-11(8-9-13(12)19)18-22-16(4,5)17(6,7)23-18/h6-13,15H,14H2,1-5H3,(H,33,35);4-9H,10H2,1-3H3,(H,22,24);8-10H,1-7H3. The summed E-state index contributed by atoms with van der Waals surface area (Å²) in [7, 11) is 4.94. The molecular weight excluding hydrogens is 1140 g/mol. The first-order valence-electron chi connectivity index (χ1n) is 27.8. The van der Waals surface area contributed by atoms with E-state index in [0.717, 1.165) is 17.2 Å². The molecule has 0 saturated carbocycles. The second kappa shape index (κ2) is 26.5. The van der Waals surface area contributed by atoms with Gasteiger partial charge in [0.1, 0.15) is 57.2 Å². The summed E-state index contributed by atoms with van der Waals surface area (Å²) >= 11 is 0. The Hall–Kier alpha value is -9.08. The molecule has 0 unspecified atom stereocenters. The number of esters is 4. The molecule has 0 spiro atoms. The van der Waals surface area contributed by atoms with E-state index in [2.05, 4.69) is 10.6 Å². The van der Waals surface area contributed by atoms with Gasteiger partial charge >= 0.3 is 31.0 Å². The third kappa shape index (κ3) is 15.4. The van der Waals surface area contributed by atoms with Gasteiger partial charge in [-0.3, -0.25) is 19.2 Å². The zero-order chi connectivity index (χ0) is 65.0. The number of carbonyl (C=O) groups is 6. The van der Waals surface area contributed by atoms with Crippen molar-refractivity contribution in [3.05, 3.63) is 171 Å². The quantitative estimate of drug-likeness (QED) is 0.0505. The largest absolute Gasteiger partial charge is 0.494 e. The van der Waals surface area contributed by atoms with E-state index >= 15 is 0 Å². The lowest BCUT2D eigenvalue weighted by Crippen LogP contribution is -2.41. The Morgan fingerprint density at radius 1 is 0.523 bits per heavy atom. The second-order valence-corrected chi connectivity index (χ2v) is 23.6. The SMILES string of the molecule is CC(C)(C)OC(=O)c1cc(B2OC(C)(C)C(C)(C)O2)ccc1F.CNC(=O)c1c(-c2ccc(F)cc2)oc2cc(CC(=O)OC)c(-c3ccc(F)c(C(=O)OC(C)(C)C)c3)cc12.CNC(=O)c1c(-c2ccc(F)cc2)oc2cc(CC(=O)OC)c(C)cc12. The van der Waals surface area contributed by atoms with Crippen LogP contribution in [0.2, 0.25) is 0 Å². The van der Waals surface area contributed by atoms with Crippen molar-refractivity contribution in [2.45, 2.75) is 111 Å². The topological polar surface area (TPSA) is 208 Å². The van der Waals surface area contributed by atoms with E-state index in [1.165, 1.54) is 89.0 Å². The molecule has 21 heteroatoms. The summed E-state index contributed by atoms with van der Waals surface area (Å²) in [4.78, 5) is 74.2. The lowest BCUT2D eigenvalue weighted by atomic mass is 9.78. The van der Waals surface area contributed by atoms with E-state index in [1.807, 2.05) is 40.7 Å². The molecule has 1 fully saturated rings. The van der Waals surface area contributed by atoms with Gasteiger partial charge < -0.3 is 47.7 Å². The maximum Gasteiger partial charge on any atom is 0.494 e. The third-order valence-electron chi connectivity index (χ3n) is 14.3. The number of aryl methyl sites for hydroxylation is 1. The maximum atomic E-state index is 14.7. The highest BCUT2D eigenvalue weighted by Gasteiger charge is 2.52. The van der Waals surface area contributed by atoms with Crippen LogP contribution in [0.3, 0.4) is 0 Å². The van der Waals surface area contributed by atoms with Crippen molar-refractivity contribution in [2.75, 3.05) is 28.3 Å². The van der Waals surface area contributed by atoms with Crippen LogP contribution in [0, 0.1) is 30.2 Å². The van der Waals surface area contributed by atoms with Crippen molar-refractivity contribution in [1.29, 1.82) is 0 Å². The summed E-state index contributed by atoms with van der Waals surface area (Å²) in [5.74, 6) is -4.84.